The summed E-state index contributed by atoms with van der Waals surface area (Å²) >= 11 is 7.21. The third-order valence-corrected chi connectivity index (χ3v) is 7.21. The van der Waals surface area contributed by atoms with Gasteiger partial charge in [0.25, 0.3) is 5.91 Å². The number of nitrogens with one attached hydrogen (secondary N) is 2. The van der Waals surface area contributed by atoms with Crippen molar-refractivity contribution in [2.75, 3.05) is 17.2 Å². The average molecular weight is 557 g/mol. The molecule has 0 atom stereocenters. The van der Waals surface area contributed by atoms with Gasteiger partial charge >= 0.3 is 12.1 Å². The van der Waals surface area contributed by atoms with Gasteiger partial charge < -0.3 is 10.4 Å². The van der Waals surface area contributed by atoms with Crippen LogP contribution in [0.3, 0.4) is 0 Å². The SMILES string of the molecule is O=C(Nc1nc(-c2cccc(C(F)(F)F)c2F)cs1)c1cnc(NCC2CCC(C(=O)O)CC2)c(Cl)c1. The molecule has 37 heavy (non-hydrogen) atoms. The summed E-state index contributed by atoms with van der Waals surface area (Å²) in [7, 11) is 0. The first kappa shape index (κ1) is 26.8. The summed E-state index contributed by atoms with van der Waals surface area (Å²) < 4.78 is 53.4. The largest absolute Gasteiger partial charge is 0.481 e. The summed E-state index contributed by atoms with van der Waals surface area (Å²) in [4.78, 5) is 32.0. The van der Waals surface area contributed by atoms with Gasteiger partial charge in [-0.3, -0.25) is 14.9 Å². The number of hydrogen-bond donors (Lipinski definition) is 3. The minimum atomic E-state index is -4.85. The predicted octanol–water partition coefficient (Wildman–Crippen LogP) is 6.57. The number of benzene rings is 1. The molecular formula is C24H21ClF4N4O3S. The summed E-state index contributed by atoms with van der Waals surface area (Å²) in [6, 6.07) is 4.32. The number of carboxylic acids is 1. The fraction of sp³-hybridized carbons (Fsp3) is 0.333. The average Bonchev–Trinajstić information content (AvgIpc) is 3.31. The topological polar surface area (TPSA) is 104 Å². The lowest BCUT2D eigenvalue weighted by Gasteiger charge is -2.26. The summed E-state index contributed by atoms with van der Waals surface area (Å²) in [5, 5.41) is 16.4. The maximum atomic E-state index is 14.4. The minimum Gasteiger partial charge on any atom is -0.481 e. The fourth-order valence-corrected chi connectivity index (χ4v) is 5.06. The molecule has 7 nitrogen and oxygen atoms in total. The smallest absolute Gasteiger partial charge is 0.419 e. The molecule has 0 bridgehead atoms. The van der Waals surface area contributed by atoms with Crippen LogP contribution in [0, 0.1) is 17.7 Å². The lowest BCUT2D eigenvalue weighted by atomic mass is 9.82. The second-order valence-corrected chi connectivity index (χ2v) is 9.91. The molecule has 3 aromatic rings. The lowest BCUT2D eigenvalue weighted by molar-refractivity contribution is -0.143. The number of aliphatic carboxylic acids is 1. The van der Waals surface area contributed by atoms with Crippen LogP contribution in [0.1, 0.15) is 41.6 Å². The van der Waals surface area contributed by atoms with Crippen LogP contribution < -0.4 is 10.6 Å². The highest BCUT2D eigenvalue weighted by atomic mass is 35.5. The number of carbonyl (C=O) groups excluding carboxylic acids is 1. The minimum absolute atomic E-state index is 0.0445. The molecule has 4 rings (SSSR count). The van der Waals surface area contributed by atoms with Gasteiger partial charge in [-0.25, -0.2) is 14.4 Å². The Hall–Kier alpha value is -3.25. The van der Waals surface area contributed by atoms with Gasteiger partial charge in [0, 0.05) is 23.7 Å². The molecule has 1 fully saturated rings. The van der Waals surface area contributed by atoms with Crippen molar-refractivity contribution in [2.24, 2.45) is 11.8 Å². The number of hydrogen-bond acceptors (Lipinski definition) is 6. The Kier molecular flexibility index (Phi) is 7.98. The molecule has 0 saturated heterocycles. The highest BCUT2D eigenvalue weighted by molar-refractivity contribution is 7.14. The number of carboxylic acid groups (broad SMARTS) is 1. The Bertz CT molecular complexity index is 1310. The molecule has 0 spiro atoms. The second-order valence-electron chi connectivity index (χ2n) is 8.65. The van der Waals surface area contributed by atoms with E-state index in [0.717, 1.165) is 30.2 Å². The Morgan fingerprint density at radius 3 is 2.57 bits per heavy atom. The monoisotopic (exact) mass is 556 g/mol. The van der Waals surface area contributed by atoms with E-state index in [1.165, 1.54) is 23.7 Å². The number of aromatic nitrogens is 2. The number of carbonyl (C=O) groups is 2. The van der Waals surface area contributed by atoms with Crippen molar-refractivity contribution >= 4 is 45.8 Å². The highest BCUT2D eigenvalue weighted by Crippen LogP contribution is 2.36. The van der Waals surface area contributed by atoms with Crippen molar-refractivity contribution < 1.29 is 32.3 Å². The Labute approximate surface area is 217 Å². The van der Waals surface area contributed by atoms with Crippen molar-refractivity contribution in [3.63, 3.8) is 0 Å². The highest BCUT2D eigenvalue weighted by Gasteiger charge is 2.35. The van der Waals surface area contributed by atoms with Crippen LogP contribution in [-0.4, -0.2) is 33.5 Å². The van der Waals surface area contributed by atoms with E-state index in [4.69, 9.17) is 16.7 Å². The molecule has 2 aromatic heterocycles. The van der Waals surface area contributed by atoms with E-state index in [-0.39, 0.29) is 38.8 Å². The van der Waals surface area contributed by atoms with Crippen molar-refractivity contribution in [2.45, 2.75) is 31.9 Å². The van der Waals surface area contributed by atoms with Crippen LogP contribution in [0.25, 0.3) is 11.3 Å². The zero-order chi connectivity index (χ0) is 26.7. The zero-order valence-corrected chi connectivity index (χ0v) is 20.7. The van der Waals surface area contributed by atoms with E-state index >= 15 is 0 Å². The van der Waals surface area contributed by atoms with E-state index in [9.17, 15) is 27.2 Å². The number of anilines is 2. The molecule has 0 radical (unpaired) electrons. The molecule has 196 valence electrons. The van der Waals surface area contributed by atoms with Crippen molar-refractivity contribution in [1.29, 1.82) is 0 Å². The Balaban J connectivity index is 1.37. The number of amides is 1. The predicted molar refractivity (Wildman–Crippen MR) is 131 cm³/mol. The number of halogens is 5. The molecule has 1 aliphatic rings. The maximum Gasteiger partial charge on any atom is 0.419 e. The molecule has 1 aliphatic carbocycles. The van der Waals surface area contributed by atoms with E-state index in [2.05, 4.69) is 20.6 Å². The van der Waals surface area contributed by atoms with E-state index < -0.39 is 29.4 Å². The number of nitrogens with zero attached hydrogens (tertiary/aromatic N) is 2. The molecular weight excluding hydrogens is 536 g/mol. The van der Waals surface area contributed by atoms with Crippen LogP contribution in [-0.2, 0) is 11.0 Å². The molecule has 0 unspecified atom stereocenters. The summed E-state index contributed by atoms with van der Waals surface area (Å²) in [5.41, 5.74) is -1.65. The molecule has 1 saturated carbocycles. The summed E-state index contributed by atoms with van der Waals surface area (Å²) in [6.45, 7) is 0.568. The van der Waals surface area contributed by atoms with Crippen LogP contribution in [0.15, 0.2) is 35.8 Å². The van der Waals surface area contributed by atoms with Gasteiger partial charge in [0.15, 0.2) is 5.13 Å². The molecule has 0 aliphatic heterocycles. The van der Waals surface area contributed by atoms with Crippen LogP contribution >= 0.6 is 22.9 Å². The van der Waals surface area contributed by atoms with Gasteiger partial charge in [-0.05, 0) is 49.8 Å². The van der Waals surface area contributed by atoms with Crippen molar-refractivity contribution in [3.8, 4) is 11.3 Å². The third kappa shape index (κ3) is 6.37. The maximum absolute atomic E-state index is 14.4. The summed E-state index contributed by atoms with van der Waals surface area (Å²) in [5.74, 6) is -2.42. The Morgan fingerprint density at radius 1 is 1.19 bits per heavy atom. The normalized spacial score (nSPS) is 17.9. The number of rotatable bonds is 7. The first-order chi connectivity index (χ1) is 17.5. The van der Waals surface area contributed by atoms with Gasteiger partial charge in [-0.1, -0.05) is 17.7 Å². The van der Waals surface area contributed by atoms with E-state index in [1.54, 1.807) is 0 Å². The first-order valence-corrected chi connectivity index (χ1v) is 12.5. The van der Waals surface area contributed by atoms with Gasteiger partial charge in [-0.2, -0.15) is 13.2 Å². The van der Waals surface area contributed by atoms with Crippen LogP contribution in [0.4, 0.5) is 28.5 Å². The van der Waals surface area contributed by atoms with Crippen LogP contribution in [0.5, 0.6) is 0 Å². The van der Waals surface area contributed by atoms with E-state index in [0.29, 0.717) is 31.3 Å². The van der Waals surface area contributed by atoms with Gasteiger partial charge in [0.2, 0.25) is 0 Å². The summed E-state index contributed by atoms with van der Waals surface area (Å²) in [6.07, 6.45) is -0.724. The molecule has 13 heteroatoms. The molecule has 1 aromatic carbocycles. The third-order valence-electron chi connectivity index (χ3n) is 6.16. The number of alkyl halides is 3. The zero-order valence-electron chi connectivity index (χ0n) is 19.1. The van der Waals surface area contributed by atoms with Gasteiger partial charge in [0.05, 0.1) is 27.8 Å². The van der Waals surface area contributed by atoms with E-state index in [1.807, 2.05) is 0 Å². The molecule has 3 N–H and O–H groups in total. The standard InChI is InChI=1S/C24H21ClF4N4O3S/c25-17-8-14(10-31-20(17)30-9-12-4-6-13(7-5-12)22(35)36)21(34)33-23-32-18(11-37-23)15-2-1-3-16(19(15)26)24(27,28)29/h1-3,8,10-13H,4-7,9H2,(H,30,31)(H,35,36)(H,32,33,34). The van der Waals surface area contributed by atoms with Crippen LogP contribution in [0.2, 0.25) is 5.02 Å². The quantitative estimate of drug-likeness (QED) is 0.284. The molecule has 1 amide bonds. The second kappa shape index (κ2) is 11.0. The van der Waals surface area contributed by atoms with Crippen molar-refractivity contribution in [1.82, 2.24) is 9.97 Å². The number of pyridine rings is 1. The first-order valence-electron chi connectivity index (χ1n) is 11.3. The fourth-order valence-electron chi connectivity index (χ4n) is 4.12. The number of thiazole rings is 1. The molecule has 2 heterocycles. The Morgan fingerprint density at radius 2 is 1.92 bits per heavy atom. The lowest BCUT2D eigenvalue weighted by Crippen LogP contribution is -2.25. The van der Waals surface area contributed by atoms with Gasteiger partial charge in [-0.15, -0.1) is 11.3 Å². The van der Waals surface area contributed by atoms with Crippen molar-refractivity contribution in [3.05, 3.63) is 57.8 Å². The van der Waals surface area contributed by atoms with Gasteiger partial charge in [0.1, 0.15) is 11.6 Å².